The van der Waals surface area contributed by atoms with Gasteiger partial charge >= 0.3 is 0 Å². The number of aryl methyl sites for hydroxylation is 1. The number of rotatable bonds is 2. The lowest BCUT2D eigenvalue weighted by molar-refractivity contribution is 0.652. The van der Waals surface area contributed by atoms with E-state index in [1.165, 1.54) is 5.39 Å². The maximum Gasteiger partial charge on any atom is 0.113 e. The zero-order chi connectivity index (χ0) is 12.9. The van der Waals surface area contributed by atoms with E-state index in [1.54, 1.807) is 6.20 Å². The van der Waals surface area contributed by atoms with Gasteiger partial charge in [-0.3, -0.25) is 4.68 Å². The first-order valence-corrected chi connectivity index (χ1v) is 6.24. The molecule has 0 aliphatic rings. The molecule has 0 bridgehead atoms. The number of benzene rings is 1. The van der Waals surface area contributed by atoms with Crippen molar-refractivity contribution in [2.75, 3.05) is 0 Å². The summed E-state index contributed by atoms with van der Waals surface area (Å²) in [5.74, 6) is 6.18. The molecule has 2 heterocycles. The van der Waals surface area contributed by atoms with Crippen molar-refractivity contribution in [1.82, 2.24) is 14.8 Å². The van der Waals surface area contributed by atoms with Gasteiger partial charge in [-0.1, -0.05) is 30.2 Å². The number of fused-ring (bicyclic) bond motifs is 1. The molecule has 3 rings (SSSR count). The normalized spacial score (nSPS) is 10.1. The highest BCUT2D eigenvalue weighted by Gasteiger charge is 1.99. The van der Waals surface area contributed by atoms with Crippen LogP contribution in [0.15, 0.2) is 54.9 Å². The maximum absolute atomic E-state index is 4.37. The van der Waals surface area contributed by atoms with Gasteiger partial charge in [0.25, 0.3) is 0 Å². The van der Waals surface area contributed by atoms with E-state index >= 15 is 0 Å². The third-order valence-corrected chi connectivity index (χ3v) is 2.88. The maximum atomic E-state index is 4.37. The summed E-state index contributed by atoms with van der Waals surface area (Å²) in [6.45, 7) is 0.799. The van der Waals surface area contributed by atoms with Crippen LogP contribution in [-0.4, -0.2) is 14.8 Å². The van der Waals surface area contributed by atoms with Crippen LogP contribution in [0.25, 0.3) is 10.9 Å². The highest BCUT2D eigenvalue weighted by Crippen LogP contribution is 2.12. The Bertz CT molecular complexity index is 733. The third kappa shape index (κ3) is 2.63. The summed E-state index contributed by atoms with van der Waals surface area (Å²) in [6, 6.07) is 13.9. The van der Waals surface area contributed by atoms with Crippen LogP contribution in [0.4, 0.5) is 0 Å². The fourth-order valence-electron chi connectivity index (χ4n) is 1.96. The van der Waals surface area contributed by atoms with Crippen molar-refractivity contribution in [3.05, 3.63) is 60.6 Å². The lowest BCUT2D eigenvalue weighted by Gasteiger charge is -1.99. The highest BCUT2D eigenvalue weighted by atomic mass is 15.3. The van der Waals surface area contributed by atoms with Crippen LogP contribution >= 0.6 is 0 Å². The van der Waals surface area contributed by atoms with Crippen molar-refractivity contribution in [2.24, 2.45) is 0 Å². The van der Waals surface area contributed by atoms with Crippen molar-refractivity contribution in [3.8, 4) is 11.8 Å². The van der Waals surface area contributed by atoms with Crippen LogP contribution in [0.5, 0.6) is 0 Å². The van der Waals surface area contributed by atoms with Crippen LogP contribution in [0.1, 0.15) is 12.1 Å². The Labute approximate surface area is 111 Å². The number of para-hydroxylation sites is 1. The predicted molar refractivity (Wildman–Crippen MR) is 75.5 cm³/mol. The van der Waals surface area contributed by atoms with Gasteiger partial charge < -0.3 is 0 Å². The summed E-state index contributed by atoms with van der Waals surface area (Å²) in [6.07, 6.45) is 4.41. The first-order valence-electron chi connectivity index (χ1n) is 6.24. The summed E-state index contributed by atoms with van der Waals surface area (Å²) in [5, 5.41) is 5.54. The average Bonchev–Trinajstić information content (AvgIpc) is 2.88. The molecule has 3 heteroatoms. The van der Waals surface area contributed by atoms with Crippen molar-refractivity contribution in [1.29, 1.82) is 0 Å². The SMILES string of the molecule is C(#Cc1ccccn1)CCn1ncc2ccccc21. The van der Waals surface area contributed by atoms with Crippen LogP contribution < -0.4 is 0 Å². The molecule has 19 heavy (non-hydrogen) atoms. The molecule has 92 valence electrons. The molecule has 2 aromatic heterocycles. The second kappa shape index (κ2) is 5.36. The zero-order valence-corrected chi connectivity index (χ0v) is 10.5. The molecule has 0 atom stereocenters. The Kier molecular flexibility index (Phi) is 3.24. The van der Waals surface area contributed by atoms with E-state index in [-0.39, 0.29) is 0 Å². The van der Waals surface area contributed by atoms with E-state index < -0.39 is 0 Å². The predicted octanol–water partition coefficient (Wildman–Crippen LogP) is 2.87. The minimum absolute atomic E-state index is 0.766. The minimum atomic E-state index is 0.766. The average molecular weight is 247 g/mol. The van der Waals surface area contributed by atoms with E-state index in [4.69, 9.17) is 0 Å². The fourth-order valence-corrected chi connectivity index (χ4v) is 1.96. The molecule has 0 unspecified atom stereocenters. The smallest absolute Gasteiger partial charge is 0.113 e. The van der Waals surface area contributed by atoms with Gasteiger partial charge in [0.05, 0.1) is 18.3 Å². The summed E-state index contributed by atoms with van der Waals surface area (Å²) in [7, 11) is 0. The molecule has 0 N–H and O–H groups in total. The van der Waals surface area contributed by atoms with E-state index in [0.717, 1.165) is 24.2 Å². The standard InChI is InChI=1S/C16H13N3/c1-2-10-16-14(7-1)13-18-19(16)12-6-4-9-15-8-3-5-11-17-15/h1-3,5,7-8,10-11,13H,6,12H2. The van der Waals surface area contributed by atoms with Gasteiger partial charge in [0.2, 0.25) is 0 Å². The van der Waals surface area contributed by atoms with Gasteiger partial charge in [0.15, 0.2) is 0 Å². The number of hydrogen-bond donors (Lipinski definition) is 0. The number of nitrogens with zero attached hydrogens (tertiary/aromatic N) is 3. The molecule has 0 aliphatic heterocycles. The minimum Gasteiger partial charge on any atom is -0.264 e. The molecule has 0 aliphatic carbocycles. The second-order valence-electron chi connectivity index (χ2n) is 4.19. The quantitative estimate of drug-likeness (QED) is 0.652. The largest absolute Gasteiger partial charge is 0.264 e. The van der Waals surface area contributed by atoms with Crippen molar-refractivity contribution < 1.29 is 0 Å². The monoisotopic (exact) mass is 247 g/mol. The molecule has 0 saturated carbocycles. The van der Waals surface area contributed by atoms with Crippen molar-refractivity contribution >= 4 is 10.9 Å². The molecule has 0 saturated heterocycles. The van der Waals surface area contributed by atoms with E-state index in [1.807, 2.05) is 41.2 Å². The van der Waals surface area contributed by atoms with Crippen LogP contribution in [0.2, 0.25) is 0 Å². The van der Waals surface area contributed by atoms with Gasteiger partial charge in [0, 0.05) is 18.0 Å². The number of pyridine rings is 1. The van der Waals surface area contributed by atoms with Gasteiger partial charge in [0.1, 0.15) is 5.69 Å². The van der Waals surface area contributed by atoms with Crippen LogP contribution in [0.3, 0.4) is 0 Å². The van der Waals surface area contributed by atoms with E-state index in [9.17, 15) is 0 Å². The Morgan fingerprint density at radius 3 is 2.84 bits per heavy atom. The molecule has 3 nitrogen and oxygen atoms in total. The zero-order valence-electron chi connectivity index (χ0n) is 10.5. The number of hydrogen-bond acceptors (Lipinski definition) is 2. The van der Waals surface area contributed by atoms with Gasteiger partial charge in [-0.05, 0) is 24.1 Å². The van der Waals surface area contributed by atoms with Gasteiger partial charge in [-0.25, -0.2) is 4.98 Å². The lowest BCUT2D eigenvalue weighted by Crippen LogP contribution is -1.98. The summed E-state index contributed by atoms with van der Waals surface area (Å²) >= 11 is 0. The summed E-state index contributed by atoms with van der Waals surface area (Å²) in [4.78, 5) is 4.17. The van der Waals surface area contributed by atoms with Crippen LogP contribution in [0, 0.1) is 11.8 Å². The van der Waals surface area contributed by atoms with Crippen molar-refractivity contribution in [2.45, 2.75) is 13.0 Å². The molecule has 1 aromatic carbocycles. The first kappa shape index (κ1) is 11.5. The molecular weight excluding hydrogens is 234 g/mol. The molecule has 3 aromatic rings. The number of aromatic nitrogens is 3. The van der Waals surface area contributed by atoms with Crippen molar-refractivity contribution in [3.63, 3.8) is 0 Å². The Morgan fingerprint density at radius 2 is 1.95 bits per heavy atom. The highest BCUT2D eigenvalue weighted by molar-refractivity contribution is 5.78. The summed E-state index contributed by atoms with van der Waals surface area (Å²) < 4.78 is 1.99. The van der Waals surface area contributed by atoms with Gasteiger partial charge in [-0.2, -0.15) is 5.10 Å². The second-order valence-corrected chi connectivity index (χ2v) is 4.19. The molecule has 0 fully saturated rings. The Morgan fingerprint density at radius 1 is 1.05 bits per heavy atom. The topological polar surface area (TPSA) is 30.7 Å². The van der Waals surface area contributed by atoms with Crippen LogP contribution in [-0.2, 0) is 6.54 Å². The molecule has 0 spiro atoms. The lowest BCUT2D eigenvalue weighted by atomic mass is 10.2. The molecule has 0 amide bonds. The fraction of sp³-hybridized carbons (Fsp3) is 0.125. The van der Waals surface area contributed by atoms with E-state index in [2.05, 4.69) is 34.1 Å². The van der Waals surface area contributed by atoms with E-state index in [0.29, 0.717) is 0 Å². The summed E-state index contributed by atoms with van der Waals surface area (Å²) in [5.41, 5.74) is 1.97. The Balaban J connectivity index is 1.69. The molecule has 0 radical (unpaired) electrons. The molecular formula is C16H13N3. The first-order chi connectivity index (χ1) is 9.43. The van der Waals surface area contributed by atoms with Gasteiger partial charge in [-0.15, -0.1) is 0 Å². The third-order valence-electron chi connectivity index (χ3n) is 2.88. The Hall–Kier alpha value is -2.60.